The Morgan fingerprint density at radius 2 is 2.03 bits per heavy atom. The first-order valence-corrected chi connectivity index (χ1v) is 10.9. The Kier molecular flexibility index (Phi) is 6.06. The van der Waals surface area contributed by atoms with Crippen molar-refractivity contribution >= 4 is 11.6 Å². The number of hydrogen-bond donors (Lipinski definition) is 1. The minimum absolute atomic E-state index is 0.0507. The maximum absolute atomic E-state index is 13.4. The van der Waals surface area contributed by atoms with Gasteiger partial charge in [0.25, 0.3) is 5.91 Å². The minimum atomic E-state index is -4.60. The number of aliphatic hydroxyl groups excluding tert-OH is 1. The number of piperidine rings is 1. The molecule has 1 spiro atoms. The summed E-state index contributed by atoms with van der Waals surface area (Å²) >= 11 is 0. The van der Waals surface area contributed by atoms with Crippen LogP contribution in [-0.2, 0) is 6.18 Å². The molecule has 2 fully saturated rings. The van der Waals surface area contributed by atoms with Gasteiger partial charge in [-0.25, -0.2) is 0 Å². The molecule has 6 nitrogen and oxygen atoms in total. The molecule has 0 bridgehead atoms. The van der Waals surface area contributed by atoms with Gasteiger partial charge in [0.2, 0.25) is 0 Å². The van der Waals surface area contributed by atoms with Crippen LogP contribution in [-0.4, -0.2) is 53.7 Å². The first-order chi connectivity index (χ1) is 15.7. The second kappa shape index (κ2) is 8.67. The van der Waals surface area contributed by atoms with E-state index in [0.29, 0.717) is 50.3 Å². The van der Waals surface area contributed by atoms with Crippen molar-refractivity contribution in [1.82, 2.24) is 9.88 Å². The van der Waals surface area contributed by atoms with Crippen LogP contribution in [0, 0.1) is 29.6 Å². The van der Waals surface area contributed by atoms with Gasteiger partial charge in [0, 0.05) is 56.8 Å². The normalized spacial score (nSPS) is 20.2. The van der Waals surface area contributed by atoms with Gasteiger partial charge in [-0.1, -0.05) is 0 Å². The monoisotopic (exact) mass is 458 g/mol. The molecule has 1 N–H and O–H groups in total. The fourth-order valence-electron chi connectivity index (χ4n) is 5.14. The smallest absolute Gasteiger partial charge is 0.396 e. The number of halogens is 3. The van der Waals surface area contributed by atoms with Crippen LogP contribution in [0.15, 0.2) is 36.7 Å². The highest BCUT2D eigenvalue weighted by atomic mass is 19.4. The number of alkyl halides is 3. The Morgan fingerprint density at radius 1 is 1.30 bits per heavy atom. The number of rotatable bonds is 3. The second-order valence-corrected chi connectivity index (χ2v) is 8.94. The summed E-state index contributed by atoms with van der Waals surface area (Å²) in [7, 11) is 0. The number of hydrogen-bond acceptors (Lipinski definition) is 5. The highest BCUT2D eigenvalue weighted by Crippen LogP contribution is 2.46. The molecule has 2 aromatic rings. The maximum Gasteiger partial charge on any atom is 0.417 e. The number of anilines is 1. The van der Waals surface area contributed by atoms with Crippen molar-refractivity contribution in [2.24, 2.45) is 11.3 Å². The molecule has 1 aromatic carbocycles. The van der Waals surface area contributed by atoms with Crippen LogP contribution < -0.4 is 4.90 Å². The summed E-state index contributed by atoms with van der Waals surface area (Å²) in [5, 5.41) is 19.1. The number of nitriles is 1. The van der Waals surface area contributed by atoms with Crippen LogP contribution in [0.4, 0.5) is 18.9 Å². The van der Waals surface area contributed by atoms with E-state index in [-0.39, 0.29) is 23.8 Å². The largest absolute Gasteiger partial charge is 0.417 e. The van der Waals surface area contributed by atoms with E-state index in [2.05, 4.69) is 4.98 Å². The van der Waals surface area contributed by atoms with Gasteiger partial charge >= 0.3 is 6.18 Å². The van der Waals surface area contributed by atoms with Crippen molar-refractivity contribution in [2.75, 3.05) is 37.7 Å². The average Bonchev–Trinajstić information content (AvgIpc) is 3.16. The summed E-state index contributed by atoms with van der Waals surface area (Å²) in [6.45, 7) is 3.76. The van der Waals surface area contributed by atoms with Gasteiger partial charge < -0.3 is 14.9 Å². The molecule has 174 valence electrons. The lowest BCUT2D eigenvalue weighted by molar-refractivity contribution is -0.137. The number of likely N-dealkylation sites (tertiary alicyclic amines) is 1. The van der Waals surface area contributed by atoms with Crippen LogP contribution in [0.25, 0.3) is 0 Å². The van der Waals surface area contributed by atoms with E-state index in [0.717, 1.165) is 11.6 Å². The molecule has 33 heavy (non-hydrogen) atoms. The van der Waals surface area contributed by atoms with Crippen molar-refractivity contribution in [2.45, 2.75) is 25.9 Å². The zero-order valence-electron chi connectivity index (χ0n) is 18.3. The lowest BCUT2D eigenvalue weighted by Crippen LogP contribution is -2.45. The van der Waals surface area contributed by atoms with E-state index in [1.165, 1.54) is 6.07 Å². The van der Waals surface area contributed by atoms with Gasteiger partial charge in [-0.3, -0.25) is 9.78 Å². The third-order valence-electron chi connectivity index (χ3n) is 7.14. The van der Waals surface area contributed by atoms with Crippen molar-refractivity contribution in [3.63, 3.8) is 0 Å². The van der Waals surface area contributed by atoms with Gasteiger partial charge in [0.15, 0.2) is 0 Å². The number of pyridine rings is 1. The minimum Gasteiger partial charge on any atom is -0.396 e. The number of nitrogens with zero attached hydrogens (tertiary/aromatic N) is 4. The molecular weight excluding hydrogens is 433 g/mol. The number of aliphatic hydroxyl groups is 1. The first kappa shape index (κ1) is 23.1. The van der Waals surface area contributed by atoms with Crippen LogP contribution in [0.3, 0.4) is 0 Å². The third-order valence-corrected chi connectivity index (χ3v) is 7.14. The molecule has 0 saturated carbocycles. The molecule has 2 aliphatic heterocycles. The van der Waals surface area contributed by atoms with Crippen LogP contribution >= 0.6 is 0 Å². The Morgan fingerprint density at radius 3 is 2.64 bits per heavy atom. The predicted octanol–water partition coefficient (Wildman–Crippen LogP) is 3.63. The summed E-state index contributed by atoms with van der Waals surface area (Å²) < 4.78 is 40.1. The van der Waals surface area contributed by atoms with Crippen molar-refractivity contribution in [3.8, 4) is 6.07 Å². The quantitative estimate of drug-likeness (QED) is 0.760. The Bertz CT molecular complexity index is 1090. The zero-order chi connectivity index (χ0) is 23.8. The number of carbonyl (C=O) groups excluding carboxylic acids is 1. The van der Waals surface area contributed by atoms with Crippen molar-refractivity contribution in [1.29, 1.82) is 5.26 Å². The van der Waals surface area contributed by atoms with Crippen LogP contribution in [0.5, 0.6) is 0 Å². The summed E-state index contributed by atoms with van der Waals surface area (Å²) in [5.41, 5.74) is 0.203. The second-order valence-electron chi connectivity index (χ2n) is 8.94. The molecule has 1 unspecified atom stereocenters. The molecule has 1 aromatic heterocycles. The standard InChI is InChI=1S/C24H25F3N4O2/c1-16-4-7-29-12-20(16)22(33)31-13-18(14-32)23(15-31)5-8-30(9-6-23)19-3-2-17(11-28)21(10-19)24(25,26)27/h2-4,7,10,12,18,32H,5-6,8-9,13-15H2,1H3. The van der Waals surface area contributed by atoms with Gasteiger partial charge in [0.1, 0.15) is 0 Å². The SMILES string of the molecule is Cc1ccncc1C(=O)N1CC(CO)C2(CCN(c3ccc(C#N)c(C(F)(F)F)c3)CC2)C1. The molecule has 4 rings (SSSR count). The molecule has 1 atom stereocenters. The highest BCUT2D eigenvalue weighted by molar-refractivity contribution is 5.95. The molecule has 0 aliphatic carbocycles. The van der Waals surface area contributed by atoms with E-state index in [4.69, 9.17) is 5.26 Å². The molecule has 9 heteroatoms. The fourth-order valence-corrected chi connectivity index (χ4v) is 5.14. The first-order valence-electron chi connectivity index (χ1n) is 10.9. The third kappa shape index (κ3) is 4.27. The summed E-state index contributed by atoms with van der Waals surface area (Å²) in [6.07, 6.45) is -0.110. The highest BCUT2D eigenvalue weighted by Gasteiger charge is 2.49. The Balaban J connectivity index is 1.51. The summed E-state index contributed by atoms with van der Waals surface area (Å²) in [6, 6.07) is 7.19. The van der Waals surface area contributed by atoms with Crippen LogP contribution in [0.1, 0.15) is 39.9 Å². The summed E-state index contributed by atoms with van der Waals surface area (Å²) in [5.74, 6) is -0.201. The van der Waals surface area contributed by atoms with E-state index in [1.54, 1.807) is 35.5 Å². The van der Waals surface area contributed by atoms with E-state index in [9.17, 15) is 23.1 Å². The average molecular weight is 458 g/mol. The van der Waals surface area contributed by atoms with E-state index < -0.39 is 17.3 Å². The van der Waals surface area contributed by atoms with E-state index in [1.807, 2.05) is 11.8 Å². The van der Waals surface area contributed by atoms with Gasteiger partial charge in [-0.15, -0.1) is 0 Å². The topological polar surface area (TPSA) is 80.5 Å². The molecule has 2 aliphatic rings. The van der Waals surface area contributed by atoms with E-state index >= 15 is 0 Å². The summed E-state index contributed by atoms with van der Waals surface area (Å²) in [4.78, 5) is 20.8. The lowest BCUT2D eigenvalue weighted by atomic mass is 9.71. The number of benzene rings is 1. The molecule has 1 amide bonds. The number of aryl methyl sites for hydroxylation is 1. The van der Waals surface area contributed by atoms with Crippen molar-refractivity contribution in [3.05, 3.63) is 58.9 Å². The predicted molar refractivity (Wildman–Crippen MR) is 115 cm³/mol. The number of aromatic nitrogens is 1. The molecule has 0 radical (unpaired) electrons. The lowest BCUT2D eigenvalue weighted by Gasteiger charge is -2.43. The molecule has 3 heterocycles. The molecular formula is C24H25F3N4O2. The van der Waals surface area contributed by atoms with Crippen molar-refractivity contribution < 1.29 is 23.1 Å². The maximum atomic E-state index is 13.4. The van der Waals surface area contributed by atoms with Gasteiger partial charge in [-0.2, -0.15) is 18.4 Å². The fraction of sp³-hybridized carbons (Fsp3) is 0.458. The molecule has 2 saturated heterocycles. The Labute approximate surface area is 190 Å². The number of carbonyl (C=O) groups is 1. The number of amides is 1. The van der Waals surface area contributed by atoms with Crippen LogP contribution in [0.2, 0.25) is 0 Å². The Hall–Kier alpha value is -3.12. The van der Waals surface area contributed by atoms with Gasteiger partial charge in [-0.05, 0) is 55.0 Å². The van der Waals surface area contributed by atoms with Gasteiger partial charge in [0.05, 0.1) is 22.8 Å². The zero-order valence-corrected chi connectivity index (χ0v) is 18.3.